The number of likely N-dealkylation sites (tertiary alicyclic amines) is 1. The minimum Gasteiger partial charge on any atom is -0.475 e. The Morgan fingerprint density at radius 3 is 2.18 bits per heavy atom. The van der Waals surface area contributed by atoms with Crippen molar-refractivity contribution in [1.29, 1.82) is 0 Å². The van der Waals surface area contributed by atoms with Gasteiger partial charge in [-0.05, 0) is 94.0 Å². The van der Waals surface area contributed by atoms with Crippen LogP contribution in [0, 0.1) is 0 Å². The number of piperidine rings is 2. The number of nitrogens with zero attached hydrogens (tertiary/aromatic N) is 11. The number of pyridine rings is 1. The molecule has 456 valence electrons. The molecule has 0 unspecified atom stereocenters. The number of hydrogen-bond acceptors (Lipinski definition) is 20. The van der Waals surface area contributed by atoms with Crippen molar-refractivity contribution in [1.82, 2.24) is 49.1 Å². The number of nitrogens with two attached hydrogens (primary N) is 1. The molecular formula is C62H83N13O10. The molecule has 2 fully saturated rings. The molecule has 0 radical (unpaired) electrons. The van der Waals surface area contributed by atoms with E-state index in [-0.39, 0.29) is 24.6 Å². The minimum absolute atomic E-state index is 0.0323. The number of anilines is 3. The van der Waals surface area contributed by atoms with E-state index in [9.17, 15) is 9.90 Å². The summed E-state index contributed by atoms with van der Waals surface area (Å²) in [5, 5.41) is 23.6. The number of ether oxygens (including phenoxy) is 8. The number of likely N-dealkylation sites (N-methyl/N-ethyl adjacent to an activating group) is 1. The highest BCUT2D eigenvalue weighted by molar-refractivity contribution is 5.98. The fourth-order valence-electron chi connectivity index (χ4n) is 10.3. The molecule has 1 amide bonds. The van der Waals surface area contributed by atoms with Gasteiger partial charge in [-0.25, -0.2) is 24.6 Å². The number of aryl methyl sites for hydroxylation is 1. The van der Waals surface area contributed by atoms with Crippen LogP contribution in [-0.4, -0.2) is 198 Å². The molecule has 0 bridgehead atoms. The largest absolute Gasteiger partial charge is 0.475 e. The van der Waals surface area contributed by atoms with E-state index in [2.05, 4.69) is 48.2 Å². The Morgan fingerprint density at radius 1 is 0.776 bits per heavy atom. The summed E-state index contributed by atoms with van der Waals surface area (Å²) < 4.78 is 49.5. The van der Waals surface area contributed by atoms with Crippen molar-refractivity contribution in [2.24, 2.45) is 0 Å². The molecular weight excluding hydrogens is 1090 g/mol. The fraction of sp³-hybridized carbons (Fsp3) is 0.500. The Morgan fingerprint density at radius 2 is 1.48 bits per heavy atom. The molecule has 0 saturated carbocycles. The Labute approximate surface area is 497 Å². The molecule has 5 aromatic heterocycles. The quantitative estimate of drug-likeness (QED) is 0.0263. The SMILES string of the molecule is CCc1cnn2c(NCc3ccc(OCCOCCOCCOCCOCCOCCOCCN(C)C/C=C/C(=O)N4CCC[C@@H](n5nc(-c6ccc(Oc7ccccc7)cc6)c6c(N)ncnc65)C4)nc3)cc(N3CCCC[C@H]3CCO)nc12. The van der Waals surface area contributed by atoms with Crippen LogP contribution in [0.15, 0.2) is 104 Å². The summed E-state index contributed by atoms with van der Waals surface area (Å²) in [5.41, 5.74) is 11.6. The van der Waals surface area contributed by atoms with Gasteiger partial charge in [0.25, 0.3) is 0 Å². The Balaban J connectivity index is 0.548. The minimum atomic E-state index is -0.0758. The summed E-state index contributed by atoms with van der Waals surface area (Å²) in [5.74, 6) is 4.10. The van der Waals surface area contributed by atoms with E-state index < -0.39 is 0 Å². The number of fused-ring (bicyclic) bond motifs is 2. The lowest BCUT2D eigenvalue weighted by Crippen LogP contribution is -2.40. The van der Waals surface area contributed by atoms with E-state index in [1.165, 1.54) is 12.7 Å². The summed E-state index contributed by atoms with van der Waals surface area (Å²) >= 11 is 0. The number of aliphatic hydroxyl groups excluding tert-OH is 1. The van der Waals surface area contributed by atoms with Crippen molar-refractivity contribution < 1.29 is 47.8 Å². The summed E-state index contributed by atoms with van der Waals surface area (Å²) in [6, 6.07) is 23.5. The summed E-state index contributed by atoms with van der Waals surface area (Å²) in [7, 11) is 2.00. The van der Waals surface area contributed by atoms with Crippen molar-refractivity contribution in [2.75, 3.05) is 148 Å². The number of carbonyl (C=O) groups excluding carboxylic acids is 1. The molecule has 2 aliphatic rings. The van der Waals surface area contributed by atoms with Crippen LogP contribution in [0.2, 0.25) is 0 Å². The van der Waals surface area contributed by atoms with E-state index in [0.717, 1.165) is 84.8 Å². The van der Waals surface area contributed by atoms with Crippen LogP contribution in [0.1, 0.15) is 62.6 Å². The summed E-state index contributed by atoms with van der Waals surface area (Å²) in [4.78, 5) is 38.1. The van der Waals surface area contributed by atoms with E-state index in [0.29, 0.717) is 153 Å². The number of nitrogen functional groups attached to an aromatic ring is 1. The van der Waals surface area contributed by atoms with Crippen LogP contribution in [0.4, 0.5) is 17.5 Å². The maximum atomic E-state index is 13.4. The van der Waals surface area contributed by atoms with Crippen LogP contribution in [0.5, 0.6) is 17.4 Å². The van der Waals surface area contributed by atoms with Crippen molar-refractivity contribution in [2.45, 2.75) is 70.5 Å². The number of benzene rings is 2. The summed E-state index contributed by atoms with van der Waals surface area (Å²) in [6.07, 6.45) is 15.3. The van der Waals surface area contributed by atoms with Gasteiger partial charge in [0.2, 0.25) is 11.8 Å². The van der Waals surface area contributed by atoms with Gasteiger partial charge in [-0.15, -0.1) is 0 Å². The standard InChI is InChI=1S/C62H83N13O10/c1-3-48-44-68-75-54(41-55(69-61(48)75)73-25-8-7-11-50(73)22-27-76)64-42-47-16-21-56(65-43-47)84-40-39-83-38-37-82-36-35-81-34-33-80-32-31-79-30-29-78-28-26-71(2)23-10-15-57(77)72-24-9-12-51(45-72)74-62-58(60(63)66-46-67-62)59(70-74)49-17-19-53(20-18-49)85-52-13-5-4-6-14-52/h4-6,10,13-21,41,43-44,46,50-51,64,76H,3,7-9,11-12,22-40,42,45H2,1-2H3,(H2,63,66,67)/b15-10+/t50-,51+/m0/s1. The molecule has 2 atom stereocenters. The molecule has 2 saturated heterocycles. The number of aromatic nitrogens is 8. The Hall–Kier alpha value is -7.35. The first-order valence-electron chi connectivity index (χ1n) is 29.8. The molecule has 0 spiro atoms. The second-order valence-corrected chi connectivity index (χ2v) is 20.9. The predicted molar refractivity (Wildman–Crippen MR) is 324 cm³/mol. The molecule has 23 heteroatoms. The molecule has 9 rings (SSSR count). The van der Waals surface area contributed by atoms with Crippen molar-refractivity contribution >= 4 is 40.0 Å². The highest BCUT2D eigenvalue weighted by Gasteiger charge is 2.29. The molecule has 2 aromatic carbocycles. The first kappa shape index (κ1) is 62.2. The van der Waals surface area contributed by atoms with E-state index in [1.54, 1.807) is 6.08 Å². The van der Waals surface area contributed by atoms with E-state index >= 15 is 0 Å². The number of nitrogens with one attached hydrogen (secondary N) is 1. The molecule has 0 aliphatic carbocycles. The maximum Gasteiger partial charge on any atom is 0.246 e. The Bertz CT molecular complexity index is 3130. The van der Waals surface area contributed by atoms with E-state index in [4.69, 9.17) is 53.7 Å². The van der Waals surface area contributed by atoms with Crippen LogP contribution in [-0.2, 0) is 46.2 Å². The van der Waals surface area contributed by atoms with Crippen LogP contribution >= 0.6 is 0 Å². The molecule has 7 heterocycles. The molecule has 4 N–H and O–H groups in total. The van der Waals surface area contributed by atoms with Crippen LogP contribution in [0.25, 0.3) is 27.9 Å². The van der Waals surface area contributed by atoms with Gasteiger partial charge in [0, 0.05) is 87.4 Å². The average Bonchev–Trinajstić information content (AvgIpc) is 4.36. The average molecular weight is 1170 g/mol. The zero-order chi connectivity index (χ0) is 58.8. The lowest BCUT2D eigenvalue weighted by atomic mass is 9.99. The van der Waals surface area contributed by atoms with Gasteiger partial charge in [0.15, 0.2) is 11.3 Å². The molecule has 85 heavy (non-hydrogen) atoms. The number of aliphatic hydroxyl groups is 1. The highest BCUT2D eigenvalue weighted by Crippen LogP contribution is 2.35. The predicted octanol–water partition coefficient (Wildman–Crippen LogP) is 7.05. The van der Waals surface area contributed by atoms with Crippen molar-refractivity contribution in [3.8, 4) is 28.6 Å². The van der Waals surface area contributed by atoms with Gasteiger partial charge >= 0.3 is 0 Å². The normalized spacial score (nSPS) is 15.7. The van der Waals surface area contributed by atoms with Gasteiger partial charge < -0.3 is 68.8 Å². The second kappa shape index (κ2) is 33.4. The maximum absolute atomic E-state index is 13.4. The van der Waals surface area contributed by atoms with Crippen LogP contribution < -0.4 is 25.4 Å². The third-order valence-electron chi connectivity index (χ3n) is 14.9. The van der Waals surface area contributed by atoms with Crippen molar-refractivity contribution in [3.05, 3.63) is 115 Å². The Kier molecular flexibility index (Phi) is 24.4. The number of amides is 1. The fourth-order valence-corrected chi connectivity index (χ4v) is 10.3. The molecule has 2 aliphatic heterocycles. The highest BCUT2D eigenvalue weighted by atomic mass is 16.6. The molecule has 23 nitrogen and oxygen atoms in total. The first-order valence-corrected chi connectivity index (χ1v) is 29.8. The summed E-state index contributed by atoms with van der Waals surface area (Å²) in [6.45, 7) is 12.2. The second-order valence-electron chi connectivity index (χ2n) is 20.9. The lowest BCUT2D eigenvalue weighted by Gasteiger charge is -2.36. The van der Waals surface area contributed by atoms with Gasteiger partial charge in [0.05, 0.1) is 96.9 Å². The van der Waals surface area contributed by atoms with Gasteiger partial charge in [0.1, 0.15) is 47.6 Å². The number of para-hydroxylation sites is 1. The third kappa shape index (κ3) is 18.3. The van der Waals surface area contributed by atoms with Crippen LogP contribution in [0.3, 0.4) is 0 Å². The number of rotatable bonds is 36. The van der Waals surface area contributed by atoms with E-state index in [1.807, 2.05) is 106 Å². The first-order chi connectivity index (χ1) is 41.8. The van der Waals surface area contributed by atoms with Crippen molar-refractivity contribution in [3.63, 3.8) is 0 Å². The number of hydrogen-bond donors (Lipinski definition) is 3. The third-order valence-corrected chi connectivity index (χ3v) is 14.9. The number of carbonyl (C=O) groups is 1. The zero-order valence-corrected chi connectivity index (χ0v) is 49.2. The van der Waals surface area contributed by atoms with Gasteiger partial charge in [-0.1, -0.05) is 37.3 Å². The smallest absolute Gasteiger partial charge is 0.246 e. The zero-order valence-electron chi connectivity index (χ0n) is 49.2. The molecule has 7 aromatic rings. The van der Waals surface area contributed by atoms with Gasteiger partial charge in [-0.2, -0.15) is 14.7 Å². The monoisotopic (exact) mass is 1170 g/mol. The topological polar surface area (TPSA) is 246 Å². The lowest BCUT2D eigenvalue weighted by molar-refractivity contribution is -0.127. The van der Waals surface area contributed by atoms with Gasteiger partial charge in [-0.3, -0.25) is 4.79 Å².